The van der Waals surface area contributed by atoms with E-state index in [1.807, 2.05) is 0 Å². The van der Waals surface area contributed by atoms with Crippen LogP contribution >= 0.6 is 11.3 Å². The van der Waals surface area contributed by atoms with E-state index in [4.69, 9.17) is 0 Å². The number of carbonyl (C=O) groups is 1. The molecule has 1 saturated heterocycles. The van der Waals surface area contributed by atoms with Crippen LogP contribution in [0.25, 0.3) is 0 Å². The fourth-order valence-corrected chi connectivity index (χ4v) is 6.28. The van der Waals surface area contributed by atoms with Gasteiger partial charge in [0.05, 0.1) is 5.69 Å². The summed E-state index contributed by atoms with van der Waals surface area (Å²) >= 11 is 1.59. The molecule has 3 heterocycles. The summed E-state index contributed by atoms with van der Waals surface area (Å²) in [6, 6.07) is 3.16. The van der Waals surface area contributed by atoms with Gasteiger partial charge in [-0.25, -0.2) is 13.4 Å². The molecule has 0 saturated carbocycles. The van der Waals surface area contributed by atoms with Crippen molar-refractivity contribution >= 4 is 32.4 Å². The van der Waals surface area contributed by atoms with Crippen LogP contribution in [0.4, 0.5) is 5.13 Å². The van der Waals surface area contributed by atoms with Crippen molar-refractivity contribution < 1.29 is 13.2 Å². The molecule has 7 nitrogen and oxygen atoms in total. The number of thiazole rings is 1. The normalized spacial score (nSPS) is 19.0. The van der Waals surface area contributed by atoms with E-state index in [1.165, 1.54) is 28.2 Å². The molecule has 0 unspecified atom stereocenters. The molecule has 0 atom stereocenters. The molecule has 2 aliphatic rings. The first-order chi connectivity index (χ1) is 13.5. The third-order valence-corrected chi connectivity index (χ3v) is 8.38. The minimum Gasteiger partial charge on any atom is -0.302 e. The summed E-state index contributed by atoms with van der Waals surface area (Å²) in [7, 11) is -3.55. The molecular weight excluding hydrogens is 396 g/mol. The Morgan fingerprint density at radius 2 is 1.96 bits per heavy atom. The lowest BCUT2D eigenvalue weighted by molar-refractivity contribution is -0.120. The quantitative estimate of drug-likeness (QED) is 0.768. The number of sulfonamides is 1. The number of amides is 1. The Labute approximate surface area is 169 Å². The summed E-state index contributed by atoms with van der Waals surface area (Å²) < 4.78 is 26.8. The molecule has 9 heteroatoms. The zero-order valence-electron chi connectivity index (χ0n) is 15.6. The van der Waals surface area contributed by atoms with Crippen molar-refractivity contribution in [3.63, 3.8) is 0 Å². The number of nitrogens with zero attached hydrogens (tertiary/aromatic N) is 3. The first-order valence-corrected chi connectivity index (χ1v) is 12.0. The fraction of sp³-hybridized carbons (Fsp3) is 0.526. The molecule has 1 aliphatic carbocycles. The van der Waals surface area contributed by atoms with E-state index >= 15 is 0 Å². The highest BCUT2D eigenvalue weighted by molar-refractivity contribution is 7.89. The number of rotatable bonds is 4. The summed E-state index contributed by atoms with van der Waals surface area (Å²) in [4.78, 5) is 22.7. The van der Waals surface area contributed by atoms with E-state index in [-0.39, 0.29) is 16.7 Å². The minimum absolute atomic E-state index is 0.0534. The average Bonchev–Trinajstić information content (AvgIpc) is 2.96. The second-order valence-electron chi connectivity index (χ2n) is 7.31. The molecule has 1 aliphatic heterocycles. The van der Waals surface area contributed by atoms with E-state index < -0.39 is 10.0 Å². The summed E-state index contributed by atoms with van der Waals surface area (Å²) in [5.74, 6) is -0.244. The van der Waals surface area contributed by atoms with Crippen LogP contribution < -0.4 is 5.32 Å². The minimum atomic E-state index is -3.55. The van der Waals surface area contributed by atoms with E-state index in [0.29, 0.717) is 31.1 Å². The number of piperidine rings is 1. The molecule has 1 N–H and O–H groups in total. The van der Waals surface area contributed by atoms with Crippen molar-refractivity contribution in [3.05, 3.63) is 35.1 Å². The molecule has 2 aromatic heterocycles. The van der Waals surface area contributed by atoms with E-state index in [0.717, 1.165) is 25.0 Å². The molecule has 4 rings (SSSR count). The summed E-state index contributed by atoms with van der Waals surface area (Å²) in [5.41, 5.74) is 1.13. The Hall–Kier alpha value is -1.84. The number of pyridine rings is 1. The van der Waals surface area contributed by atoms with E-state index in [2.05, 4.69) is 15.3 Å². The number of fused-ring (bicyclic) bond motifs is 1. The number of hydrogen-bond acceptors (Lipinski definition) is 6. The van der Waals surface area contributed by atoms with E-state index in [9.17, 15) is 13.2 Å². The van der Waals surface area contributed by atoms with Gasteiger partial charge in [0.15, 0.2) is 5.13 Å². The lowest BCUT2D eigenvalue weighted by Crippen LogP contribution is -2.41. The molecule has 2 aromatic rings. The van der Waals surface area contributed by atoms with Crippen LogP contribution in [-0.2, 0) is 27.7 Å². The number of nitrogens with one attached hydrogen (secondary N) is 1. The van der Waals surface area contributed by atoms with Gasteiger partial charge in [-0.05, 0) is 50.7 Å². The zero-order valence-corrected chi connectivity index (χ0v) is 17.3. The summed E-state index contributed by atoms with van der Waals surface area (Å²) in [6.45, 7) is 0.674. The van der Waals surface area contributed by atoms with Crippen LogP contribution in [0.1, 0.15) is 42.7 Å². The number of aromatic nitrogens is 2. The average molecular weight is 421 g/mol. The first-order valence-electron chi connectivity index (χ1n) is 9.73. The summed E-state index contributed by atoms with van der Waals surface area (Å²) in [5, 5.41) is 3.65. The Morgan fingerprint density at radius 1 is 1.18 bits per heavy atom. The standard InChI is InChI=1S/C19H24N4O3S2/c24-18(22-19-21-16-6-2-1-3-7-17(16)27-19)14-8-11-23(12-9-14)28(25,26)15-5-4-10-20-13-15/h4-5,10,13-14H,1-3,6-9,11-12H2,(H,21,22,24). The van der Waals surface area contributed by atoms with Crippen LogP contribution in [0.2, 0.25) is 0 Å². The van der Waals surface area contributed by atoms with Gasteiger partial charge >= 0.3 is 0 Å². The predicted octanol–water partition coefficient (Wildman–Crippen LogP) is 2.85. The Balaban J connectivity index is 1.35. The van der Waals surface area contributed by atoms with Crippen molar-refractivity contribution in [2.24, 2.45) is 5.92 Å². The number of anilines is 1. The summed E-state index contributed by atoms with van der Waals surface area (Å²) in [6.07, 6.45) is 9.56. The Morgan fingerprint density at radius 3 is 2.71 bits per heavy atom. The van der Waals surface area contributed by atoms with E-state index in [1.54, 1.807) is 29.7 Å². The molecule has 0 spiro atoms. The van der Waals surface area contributed by atoms with Gasteiger partial charge in [0.2, 0.25) is 15.9 Å². The topological polar surface area (TPSA) is 92.3 Å². The molecule has 0 bridgehead atoms. The van der Waals surface area contributed by atoms with Gasteiger partial charge in [-0.15, -0.1) is 11.3 Å². The van der Waals surface area contributed by atoms with Crippen molar-refractivity contribution in [1.29, 1.82) is 0 Å². The first kappa shape index (κ1) is 19.5. The maximum Gasteiger partial charge on any atom is 0.244 e. The highest BCUT2D eigenvalue weighted by Crippen LogP contribution is 2.30. The van der Waals surface area contributed by atoms with Crippen molar-refractivity contribution in [1.82, 2.24) is 14.3 Å². The van der Waals surface area contributed by atoms with Crippen LogP contribution in [-0.4, -0.2) is 41.7 Å². The van der Waals surface area contributed by atoms with Crippen LogP contribution in [0.15, 0.2) is 29.4 Å². The van der Waals surface area contributed by atoms with Crippen molar-refractivity contribution in [2.75, 3.05) is 18.4 Å². The second-order valence-corrected chi connectivity index (χ2v) is 10.3. The van der Waals surface area contributed by atoms with Gasteiger partial charge in [0.25, 0.3) is 0 Å². The monoisotopic (exact) mass is 420 g/mol. The van der Waals surface area contributed by atoms with Crippen LogP contribution in [0, 0.1) is 5.92 Å². The van der Waals surface area contributed by atoms with Gasteiger partial charge in [0.1, 0.15) is 4.90 Å². The number of carbonyl (C=O) groups excluding carboxylic acids is 1. The molecule has 28 heavy (non-hydrogen) atoms. The molecule has 150 valence electrons. The van der Waals surface area contributed by atoms with Gasteiger partial charge in [-0.1, -0.05) is 6.42 Å². The zero-order chi connectivity index (χ0) is 19.6. The molecule has 1 amide bonds. The smallest absolute Gasteiger partial charge is 0.244 e. The third-order valence-electron chi connectivity index (χ3n) is 5.42. The van der Waals surface area contributed by atoms with Gasteiger partial charge in [0, 0.05) is 36.3 Å². The SMILES string of the molecule is O=C(Nc1nc2c(s1)CCCCC2)C1CCN(S(=O)(=O)c2cccnc2)CC1. The Kier molecular flexibility index (Phi) is 5.75. The number of aryl methyl sites for hydroxylation is 2. The van der Waals surface area contributed by atoms with Gasteiger partial charge in [-0.2, -0.15) is 4.31 Å². The molecule has 1 fully saturated rings. The lowest BCUT2D eigenvalue weighted by Gasteiger charge is -2.30. The second kappa shape index (κ2) is 8.26. The fourth-order valence-electron chi connectivity index (χ4n) is 3.80. The largest absolute Gasteiger partial charge is 0.302 e. The molecule has 0 radical (unpaired) electrons. The Bertz CT molecular complexity index is 912. The predicted molar refractivity (Wildman–Crippen MR) is 108 cm³/mol. The number of hydrogen-bond donors (Lipinski definition) is 1. The van der Waals surface area contributed by atoms with Gasteiger partial charge < -0.3 is 5.32 Å². The van der Waals surface area contributed by atoms with Crippen molar-refractivity contribution in [2.45, 2.75) is 49.8 Å². The van der Waals surface area contributed by atoms with Gasteiger partial charge in [-0.3, -0.25) is 9.78 Å². The third kappa shape index (κ3) is 4.11. The molecular formula is C19H24N4O3S2. The van der Waals surface area contributed by atoms with Crippen LogP contribution in [0.5, 0.6) is 0 Å². The maximum atomic E-state index is 12.7. The maximum absolute atomic E-state index is 12.7. The van der Waals surface area contributed by atoms with Crippen LogP contribution in [0.3, 0.4) is 0 Å². The van der Waals surface area contributed by atoms with Crippen molar-refractivity contribution in [3.8, 4) is 0 Å². The highest BCUT2D eigenvalue weighted by atomic mass is 32.2. The molecule has 0 aromatic carbocycles. The lowest BCUT2D eigenvalue weighted by atomic mass is 9.97. The highest BCUT2D eigenvalue weighted by Gasteiger charge is 2.32.